The van der Waals surface area contributed by atoms with E-state index in [1.807, 2.05) is 13.8 Å². The van der Waals surface area contributed by atoms with Gasteiger partial charge < -0.3 is 10.2 Å². The lowest BCUT2D eigenvalue weighted by Gasteiger charge is -2.29. The summed E-state index contributed by atoms with van der Waals surface area (Å²) in [4.78, 5) is 0. The van der Waals surface area contributed by atoms with Gasteiger partial charge in [0.05, 0.1) is 6.10 Å². The van der Waals surface area contributed by atoms with Gasteiger partial charge in [0.15, 0.2) is 0 Å². The number of benzene rings is 1. The summed E-state index contributed by atoms with van der Waals surface area (Å²) in [6.45, 7) is 16.7. The number of aromatic hydroxyl groups is 1. The molecule has 0 heterocycles. The molecule has 2 N–H and O–H groups in total. The molecule has 1 rings (SSSR count). The molecular formula is C19H32O2. The predicted molar refractivity (Wildman–Crippen MR) is 90.1 cm³/mol. The van der Waals surface area contributed by atoms with E-state index in [1.165, 1.54) is 0 Å². The van der Waals surface area contributed by atoms with Gasteiger partial charge in [0.2, 0.25) is 0 Å². The van der Waals surface area contributed by atoms with Crippen molar-refractivity contribution in [1.82, 2.24) is 0 Å². The van der Waals surface area contributed by atoms with Crippen LogP contribution in [0.5, 0.6) is 5.75 Å². The second-order valence-electron chi connectivity index (χ2n) is 8.56. The summed E-state index contributed by atoms with van der Waals surface area (Å²) in [6, 6.07) is 4.10. The van der Waals surface area contributed by atoms with Crippen molar-refractivity contribution in [3.63, 3.8) is 0 Å². The summed E-state index contributed by atoms with van der Waals surface area (Å²) in [6.07, 6.45) is 0.277. The Bertz CT molecular complexity index is 452. The fourth-order valence-corrected chi connectivity index (χ4v) is 2.43. The molecule has 0 spiro atoms. The lowest BCUT2D eigenvalue weighted by atomic mass is 9.77. The van der Waals surface area contributed by atoms with Crippen molar-refractivity contribution in [2.45, 2.75) is 78.7 Å². The Morgan fingerprint density at radius 1 is 0.905 bits per heavy atom. The molecule has 0 aliphatic rings. The van der Waals surface area contributed by atoms with Crippen LogP contribution in [0.2, 0.25) is 0 Å². The monoisotopic (exact) mass is 292 g/mol. The Hall–Kier alpha value is -1.02. The second-order valence-corrected chi connectivity index (χ2v) is 8.56. The number of hydrogen-bond donors (Lipinski definition) is 2. The van der Waals surface area contributed by atoms with Crippen molar-refractivity contribution in [2.24, 2.45) is 5.92 Å². The first-order valence-corrected chi connectivity index (χ1v) is 7.89. The molecule has 0 saturated carbocycles. The number of aliphatic hydroxyl groups is 1. The van der Waals surface area contributed by atoms with E-state index >= 15 is 0 Å². The van der Waals surface area contributed by atoms with Crippen LogP contribution >= 0.6 is 0 Å². The largest absolute Gasteiger partial charge is 0.507 e. The quantitative estimate of drug-likeness (QED) is 0.858. The molecule has 1 aromatic rings. The van der Waals surface area contributed by atoms with E-state index < -0.39 is 0 Å². The third-order valence-electron chi connectivity index (χ3n) is 4.00. The van der Waals surface area contributed by atoms with Crippen LogP contribution in [0.1, 0.15) is 72.1 Å². The van der Waals surface area contributed by atoms with Crippen LogP contribution in [0, 0.1) is 5.92 Å². The summed E-state index contributed by atoms with van der Waals surface area (Å²) in [5.41, 5.74) is 2.77. The minimum atomic E-state index is -0.352. The zero-order chi connectivity index (χ0) is 16.6. The summed E-state index contributed by atoms with van der Waals surface area (Å²) < 4.78 is 0. The van der Waals surface area contributed by atoms with E-state index in [2.05, 4.69) is 53.7 Å². The Morgan fingerprint density at radius 2 is 1.29 bits per heavy atom. The Labute approximate surface area is 130 Å². The molecule has 0 fully saturated rings. The molecule has 1 aromatic carbocycles. The van der Waals surface area contributed by atoms with Gasteiger partial charge >= 0.3 is 0 Å². The topological polar surface area (TPSA) is 40.5 Å². The summed E-state index contributed by atoms with van der Waals surface area (Å²) in [5.74, 6) is 0.632. The van der Waals surface area contributed by atoms with Crippen molar-refractivity contribution < 1.29 is 10.2 Å². The minimum Gasteiger partial charge on any atom is -0.507 e. The first-order valence-electron chi connectivity index (χ1n) is 7.89. The van der Waals surface area contributed by atoms with Gasteiger partial charge in [-0.25, -0.2) is 0 Å². The van der Waals surface area contributed by atoms with Gasteiger partial charge in [-0.3, -0.25) is 0 Å². The fraction of sp³-hybridized carbons (Fsp3) is 0.684. The molecule has 0 bridgehead atoms. The summed E-state index contributed by atoms with van der Waals surface area (Å²) in [5, 5.41) is 20.8. The highest BCUT2D eigenvalue weighted by Gasteiger charge is 2.27. The highest BCUT2D eigenvalue weighted by Crippen LogP contribution is 2.40. The van der Waals surface area contributed by atoms with Gasteiger partial charge in [-0.2, -0.15) is 0 Å². The van der Waals surface area contributed by atoms with Crippen molar-refractivity contribution in [3.05, 3.63) is 28.8 Å². The fourth-order valence-electron chi connectivity index (χ4n) is 2.43. The summed E-state index contributed by atoms with van der Waals surface area (Å²) >= 11 is 0. The van der Waals surface area contributed by atoms with E-state index in [1.54, 1.807) is 0 Å². The first-order chi connectivity index (χ1) is 9.34. The molecule has 0 aliphatic heterocycles. The van der Waals surface area contributed by atoms with Crippen LogP contribution in [-0.4, -0.2) is 16.3 Å². The molecule has 0 aromatic heterocycles. The molecule has 21 heavy (non-hydrogen) atoms. The van der Waals surface area contributed by atoms with Gasteiger partial charge in [0.1, 0.15) is 5.75 Å². The van der Waals surface area contributed by atoms with Gasteiger partial charge in [-0.05, 0) is 39.9 Å². The van der Waals surface area contributed by atoms with E-state index in [-0.39, 0.29) is 22.9 Å². The number of phenols is 1. The van der Waals surface area contributed by atoms with Crippen molar-refractivity contribution in [1.29, 1.82) is 0 Å². The number of hydrogen-bond acceptors (Lipinski definition) is 2. The number of aliphatic hydroxyl groups excluding tert-OH is 1. The smallest absolute Gasteiger partial charge is 0.123 e. The highest BCUT2D eigenvalue weighted by atomic mass is 16.3. The van der Waals surface area contributed by atoms with E-state index in [9.17, 15) is 10.2 Å². The molecule has 0 radical (unpaired) electrons. The van der Waals surface area contributed by atoms with Gasteiger partial charge in [-0.15, -0.1) is 0 Å². The number of phenolic OH excluding ortho intramolecular Hbond substituents is 1. The number of rotatable bonds is 3. The molecule has 2 nitrogen and oxygen atoms in total. The molecule has 0 aliphatic carbocycles. The van der Waals surface area contributed by atoms with E-state index in [0.717, 1.165) is 16.7 Å². The van der Waals surface area contributed by atoms with Crippen LogP contribution < -0.4 is 0 Å². The predicted octanol–water partition coefficient (Wildman–Crippen LogP) is 4.55. The maximum absolute atomic E-state index is 10.7. The maximum atomic E-state index is 10.7. The van der Waals surface area contributed by atoms with Crippen LogP contribution in [0.3, 0.4) is 0 Å². The van der Waals surface area contributed by atoms with Gasteiger partial charge in [0.25, 0.3) is 0 Å². The molecule has 0 saturated heterocycles. The van der Waals surface area contributed by atoms with E-state index in [0.29, 0.717) is 12.2 Å². The average Bonchev–Trinajstić information content (AvgIpc) is 2.27. The summed E-state index contributed by atoms with van der Waals surface area (Å²) in [7, 11) is 0. The lowest BCUT2D eigenvalue weighted by Crippen LogP contribution is -2.21. The Kier molecular flexibility index (Phi) is 5.15. The third-order valence-corrected chi connectivity index (χ3v) is 4.00. The average molecular weight is 292 g/mol. The van der Waals surface area contributed by atoms with Crippen molar-refractivity contribution in [3.8, 4) is 5.75 Å². The minimum absolute atomic E-state index is 0.122. The zero-order valence-electron chi connectivity index (χ0n) is 14.9. The van der Waals surface area contributed by atoms with Gasteiger partial charge in [-0.1, -0.05) is 67.5 Å². The van der Waals surface area contributed by atoms with Crippen molar-refractivity contribution >= 4 is 0 Å². The van der Waals surface area contributed by atoms with Crippen LogP contribution in [-0.2, 0) is 17.3 Å². The van der Waals surface area contributed by atoms with Crippen molar-refractivity contribution in [2.75, 3.05) is 0 Å². The zero-order valence-corrected chi connectivity index (χ0v) is 14.9. The normalized spacial score (nSPS) is 14.6. The van der Waals surface area contributed by atoms with Crippen LogP contribution in [0.25, 0.3) is 0 Å². The SMILES string of the molecule is CC(C)C(O)Cc1cc(C(C)(C)C)c(O)c(C(C)(C)C)c1. The molecular weight excluding hydrogens is 260 g/mol. The van der Waals surface area contributed by atoms with E-state index in [4.69, 9.17) is 0 Å². The molecule has 1 atom stereocenters. The Balaban J connectivity index is 3.41. The Morgan fingerprint density at radius 3 is 1.57 bits per heavy atom. The first kappa shape index (κ1) is 18.0. The molecule has 2 heteroatoms. The standard InChI is InChI=1S/C19H32O2/c1-12(2)16(20)11-13-9-14(18(3,4)5)17(21)15(10-13)19(6,7)8/h9-10,12,16,20-21H,11H2,1-8H3. The highest BCUT2D eigenvalue weighted by molar-refractivity contribution is 5.50. The second kappa shape index (κ2) is 6.00. The third kappa shape index (κ3) is 4.47. The van der Waals surface area contributed by atoms with Crippen LogP contribution in [0.4, 0.5) is 0 Å². The molecule has 120 valence electrons. The maximum Gasteiger partial charge on any atom is 0.123 e. The van der Waals surface area contributed by atoms with Gasteiger partial charge in [0, 0.05) is 0 Å². The molecule has 1 unspecified atom stereocenters. The van der Waals surface area contributed by atoms with Crippen LogP contribution in [0.15, 0.2) is 12.1 Å². The lowest BCUT2D eigenvalue weighted by molar-refractivity contribution is 0.125. The molecule has 0 amide bonds.